The summed E-state index contributed by atoms with van der Waals surface area (Å²) in [5.41, 5.74) is 1.01. The van der Waals surface area contributed by atoms with Crippen LogP contribution in [0, 0.1) is 0 Å². The number of likely N-dealkylation sites (N-methyl/N-ethyl adjacent to an activating group) is 1. The van der Waals surface area contributed by atoms with E-state index < -0.39 is 0 Å². The van der Waals surface area contributed by atoms with Gasteiger partial charge in [-0.15, -0.1) is 0 Å². The van der Waals surface area contributed by atoms with E-state index in [1.165, 1.54) is 6.42 Å². The van der Waals surface area contributed by atoms with Crippen LogP contribution >= 0.6 is 15.9 Å². The lowest BCUT2D eigenvalue weighted by Gasteiger charge is -2.30. The number of halogens is 1. The molecule has 1 saturated heterocycles. The molecule has 3 nitrogen and oxygen atoms in total. The highest BCUT2D eigenvalue weighted by atomic mass is 79.9. The highest BCUT2D eigenvalue weighted by molar-refractivity contribution is 9.10. The van der Waals surface area contributed by atoms with Crippen LogP contribution in [-0.2, 0) is 6.54 Å². The van der Waals surface area contributed by atoms with Crippen molar-refractivity contribution in [1.82, 2.24) is 9.80 Å². The average Bonchev–Trinajstić information content (AvgIpc) is 2.55. The maximum atomic E-state index is 9.99. The fraction of sp³-hybridized carbons (Fsp3) is 0.600. The minimum atomic E-state index is 0.399. The highest BCUT2D eigenvalue weighted by Crippen LogP contribution is 2.25. The van der Waals surface area contributed by atoms with Crippen molar-refractivity contribution in [1.29, 1.82) is 0 Å². The summed E-state index contributed by atoms with van der Waals surface area (Å²) in [6.45, 7) is 6.47. The molecule has 4 heteroatoms. The van der Waals surface area contributed by atoms with Crippen LogP contribution < -0.4 is 0 Å². The first-order chi connectivity index (χ1) is 9.10. The van der Waals surface area contributed by atoms with E-state index in [-0.39, 0.29) is 0 Å². The van der Waals surface area contributed by atoms with Crippen LogP contribution in [0.2, 0.25) is 0 Å². The Hall–Kier alpha value is -0.580. The first-order valence-electron chi connectivity index (χ1n) is 7.00. The van der Waals surface area contributed by atoms with Gasteiger partial charge in [-0.2, -0.15) is 0 Å². The van der Waals surface area contributed by atoms with Crippen molar-refractivity contribution in [2.45, 2.75) is 32.4 Å². The molecule has 1 fully saturated rings. The molecule has 0 amide bonds. The number of phenolic OH excluding ortho intramolecular Hbond substituents is 1. The number of aromatic hydroxyl groups is 1. The predicted molar refractivity (Wildman–Crippen MR) is 82.4 cm³/mol. The molecular formula is C15H23BrN2O. The fourth-order valence-corrected chi connectivity index (χ4v) is 3.20. The van der Waals surface area contributed by atoms with Crippen LogP contribution in [0.1, 0.15) is 25.3 Å². The SMILES string of the molecule is CCC1CN(C)CCCN1Cc1cc(Br)ccc1O. The molecule has 106 valence electrons. The van der Waals surface area contributed by atoms with E-state index in [2.05, 4.69) is 39.7 Å². The second kappa shape index (κ2) is 6.73. The van der Waals surface area contributed by atoms with E-state index in [0.29, 0.717) is 11.8 Å². The summed E-state index contributed by atoms with van der Waals surface area (Å²) in [6, 6.07) is 6.25. The molecule has 1 heterocycles. The van der Waals surface area contributed by atoms with E-state index in [9.17, 15) is 5.11 Å². The molecule has 1 aliphatic rings. The number of hydrogen-bond acceptors (Lipinski definition) is 3. The minimum absolute atomic E-state index is 0.399. The highest BCUT2D eigenvalue weighted by Gasteiger charge is 2.22. The first kappa shape index (κ1) is 14.8. The molecule has 0 radical (unpaired) electrons. The molecule has 1 aromatic rings. The summed E-state index contributed by atoms with van der Waals surface area (Å²) < 4.78 is 1.03. The summed E-state index contributed by atoms with van der Waals surface area (Å²) in [5, 5.41) is 9.99. The largest absolute Gasteiger partial charge is 0.508 e. The average molecular weight is 327 g/mol. The molecule has 0 aromatic heterocycles. The van der Waals surface area contributed by atoms with Gasteiger partial charge in [0.1, 0.15) is 5.75 Å². The van der Waals surface area contributed by atoms with Crippen LogP contribution in [0.3, 0.4) is 0 Å². The lowest BCUT2D eigenvalue weighted by Crippen LogP contribution is -2.39. The van der Waals surface area contributed by atoms with Crippen molar-refractivity contribution in [3.8, 4) is 5.75 Å². The van der Waals surface area contributed by atoms with Crippen LogP contribution in [0.15, 0.2) is 22.7 Å². The summed E-state index contributed by atoms with van der Waals surface area (Å²) in [7, 11) is 2.20. The lowest BCUT2D eigenvalue weighted by atomic mass is 10.1. The van der Waals surface area contributed by atoms with Gasteiger partial charge in [-0.05, 0) is 44.6 Å². The molecule has 1 atom stereocenters. The minimum Gasteiger partial charge on any atom is -0.508 e. The standard InChI is InChI=1S/C15H23BrN2O/c1-3-14-11-17(2)7-4-8-18(14)10-12-9-13(16)5-6-15(12)19/h5-6,9,14,19H,3-4,7-8,10-11H2,1-2H3. The molecule has 19 heavy (non-hydrogen) atoms. The Bertz CT molecular complexity index is 425. The number of phenols is 1. The Morgan fingerprint density at radius 2 is 2.16 bits per heavy atom. The van der Waals surface area contributed by atoms with Gasteiger partial charge in [-0.3, -0.25) is 4.90 Å². The maximum absolute atomic E-state index is 9.99. The monoisotopic (exact) mass is 326 g/mol. The molecule has 1 aromatic carbocycles. The van der Waals surface area contributed by atoms with Gasteiger partial charge >= 0.3 is 0 Å². The zero-order chi connectivity index (χ0) is 13.8. The van der Waals surface area contributed by atoms with Gasteiger partial charge in [-0.25, -0.2) is 0 Å². The second-order valence-corrected chi connectivity index (χ2v) is 6.34. The fourth-order valence-electron chi connectivity index (χ4n) is 2.79. The Morgan fingerprint density at radius 3 is 2.89 bits per heavy atom. The normalized spacial score (nSPS) is 22.4. The number of hydrogen-bond donors (Lipinski definition) is 1. The van der Waals surface area contributed by atoms with E-state index in [0.717, 1.165) is 42.6 Å². The summed E-state index contributed by atoms with van der Waals surface area (Å²) in [5.74, 6) is 0.399. The number of benzene rings is 1. The molecule has 1 N–H and O–H groups in total. The van der Waals surface area contributed by atoms with Crippen molar-refractivity contribution < 1.29 is 5.11 Å². The van der Waals surface area contributed by atoms with Crippen molar-refractivity contribution in [2.75, 3.05) is 26.7 Å². The smallest absolute Gasteiger partial charge is 0.120 e. The molecule has 1 aliphatic heterocycles. The third-order valence-corrected chi connectivity index (χ3v) is 4.40. The summed E-state index contributed by atoms with van der Waals surface area (Å²) in [4.78, 5) is 4.92. The zero-order valence-electron chi connectivity index (χ0n) is 11.8. The predicted octanol–water partition coefficient (Wildman–Crippen LogP) is 3.07. The van der Waals surface area contributed by atoms with E-state index in [1.54, 1.807) is 6.07 Å². The summed E-state index contributed by atoms with van der Waals surface area (Å²) >= 11 is 3.48. The van der Waals surface area contributed by atoms with E-state index >= 15 is 0 Å². The van der Waals surface area contributed by atoms with Crippen molar-refractivity contribution >= 4 is 15.9 Å². The lowest BCUT2D eigenvalue weighted by molar-refractivity contribution is 0.174. The molecule has 1 unspecified atom stereocenters. The van der Waals surface area contributed by atoms with Gasteiger partial charge in [0.25, 0.3) is 0 Å². The van der Waals surface area contributed by atoms with Gasteiger partial charge in [0.05, 0.1) is 0 Å². The van der Waals surface area contributed by atoms with Gasteiger partial charge in [0, 0.05) is 35.7 Å². The van der Waals surface area contributed by atoms with Crippen molar-refractivity contribution in [2.24, 2.45) is 0 Å². The molecule has 0 aliphatic carbocycles. The van der Waals surface area contributed by atoms with Gasteiger partial charge in [-0.1, -0.05) is 22.9 Å². The van der Waals surface area contributed by atoms with Crippen LogP contribution in [0.4, 0.5) is 0 Å². The molecule has 2 rings (SSSR count). The summed E-state index contributed by atoms with van der Waals surface area (Å²) in [6.07, 6.45) is 2.35. The van der Waals surface area contributed by atoms with Crippen LogP contribution in [0.25, 0.3) is 0 Å². The number of nitrogens with zero attached hydrogens (tertiary/aromatic N) is 2. The third-order valence-electron chi connectivity index (χ3n) is 3.91. The van der Waals surface area contributed by atoms with Gasteiger partial charge in [0.15, 0.2) is 0 Å². The molecule has 0 saturated carbocycles. The topological polar surface area (TPSA) is 26.7 Å². The zero-order valence-corrected chi connectivity index (χ0v) is 13.4. The Morgan fingerprint density at radius 1 is 1.37 bits per heavy atom. The third kappa shape index (κ3) is 3.94. The van der Waals surface area contributed by atoms with Gasteiger partial charge < -0.3 is 10.0 Å². The molecular weight excluding hydrogens is 304 g/mol. The Labute approximate surface area is 124 Å². The van der Waals surface area contributed by atoms with E-state index in [4.69, 9.17) is 0 Å². The van der Waals surface area contributed by atoms with E-state index in [1.807, 2.05) is 12.1 Å². The Balaban J connectivity index is 2.13. The first-order valence-corrected chi connectivity index (χ1v) is 7.79. The maximum Gasteiger partial charge on any atom is 0.120 e. The molecule has 0 bridgehead atoms. The second-order valence-electron chi connectivity index (χ2n) is 5.42. The van der Waals surface area contributed by atoms with Crippen molar-refractivity contribution in [3.63, 3.8) is 0 Å². The Kier molecular flexibility index (Phi) is 5.25. The molecule has 0 spiro atoms. The van der Waals surface area contributed by atoms with Gasteiger partial charge in [0.2, 0.25) is 0 Å². The van der Waals surface area contributed by atoms with Crippen molar-refractivity contribution in [3.05, 3.63) is 28.2 Å². The quantitative estimate of drug-likeness (QED) is 0.924. The van der Waals surface area contributed by atoms with Crippen LogP contribution in [-0.4, -0.2) is 47.6 Å². The van der Waals surface area contributed by atoms with Crippen LogP contribution in [0.5, 0.6) is 5.75 Å². The number of rotatable bonds is 3.